The van der Waals surface area contributed by atoms with E-state index in [0.717, 1.165) is 6.29 Å². The summed E-state index contributed by atoms with van der Waals surface area (Å²) >= 11 is 0. The number of aromatic nitrogens is 1. The number of anilines is 2. The fourth-order valence-corrected chi connectivity index (χ4v) is 1.48. The van der Waals surface area contributed by atoms with Crippen molar-refractivity contribution in [1.82, 2.24) is 4.98 Å². The molecule has 0 aliphatic rings. The highest BCUT2D eigenvalue weighted by atomic mass is 19.1. The van der Waals surface area contributed by atoms with E-state index in [2.05, 4.69) is 4.98 Å². The second kappa shape index (κ2) is 4.74. The van der Waals surface area contributed by atoms with Gasteiger partial charge in [0.05, 0.1) is 0 Å². The molecule has 0 atom stereocenters. The average molecular weight is 230 g/mol. The fraction of sp³-hybridized carbons (Fsp3) is 0.0769. The van der Waals surface area contributed by atoms with Crippen LogP contribution in [0.15, 0.2) is 42.6 Å². The molecule has 0 fully saturated rings. The lowest BCUT2D eigenvalue weighted by molar-refractivity contribution is 0.112. The Labute approximate surface area is 98.5 Å². The third-order valence-electron chi connectivity index (χ3n) is 2.45. The van der Waals surface area contributed by atoms with Crippen LogP contribution in [-0.2, 0) is 0 Å². The van der Waals surface area contributed by atoms with Gasteiger partial charge in [-0.1, -0.05) is 6.07 Å². The van der Waals surface area contributed by atoms with E-state index in [1.165, 1.54) is 18.3 Å². The zero-order valence-corrected chi connectivity index (χ0v) is 9.30. The van der Waals surface area contributed by atoms with Gasteiger partial charge >= 0.3 is 0 Å². The van der Waals surface area contributed by atoms with Gasteiger partial charge in [0.2, 0.25) is 0 Å². The number of halogens is 1. The van der Waals surface area contributed by atoms with Crippen molar-refractivity contribution in [3.63, 3.8) is 0 Å². The zero-order chi connectivity index (χ0) is 12.3. The van der Waals surface area contributed by atoms with Crippen LogP contribution in [0.5, 0.6) is 0 Å². The lowest BCUT2D eigenvalue weighted by Gasteiger charge is -2.18. The van der Waals surface area contributed by atoms with E-state index in [0.29, 0.717) is 17.1 Å². The van der Waals surface area contributed by atoms with E-state index in [4.69, 9.17) is 0 Å². The Morgan fingerprint density at radius 2 is 2.12 bits per heavy atom. The molecule has 0 bridgehead atoms. The van der Waals surface area contributed by atoms with Crippen molar-refractivity contribution in [2.24, 2.45) is 0 Å². The fourth-order valence-electron chi connectivity index (χ4n) is 1.48. The van der Waals surface area contributed by atoms with E-state index in [9.17, 15) is 9.18 Å². The van der Waals surface area contributed by atoms with Gasteiger partial charge in [-0.05, 0) is 30.3 Å². The van der Waals surface area contributed by atoms with Gasteiger partial charge in [0.1, 0.15) is 11.6 Å². The van der Waals surface area contributed by atoms with Crippen LogP contribution < -0.4 is 4.90 Å². The molecule has 0 aliphatic heterocycles. The molecule has 0 unspecified atom stereocenters. The third kappa shape index (κ3) is 2.47. The van der Waals surface area contributed by atoms with Crippen molar-refractivity contribution in [3.05, 3.63) is 54.0 Å². The van der Waals surface area contributed by atoms with Crippen molar-refractivity contribution in [2.75, 3.05) is 11.9 Å². The van der Waals surface area contributed by atoms with Gasteiger partial charge in [0, 0.05) is 24.5 Å². The van der Waals surface area contributed by atoms with Crippen LogP contribution in [0.4, 0.5) is 15.9 Å². The first-order valence-electron chi connectivity index (χ1n) is 5.11. The molecule has 0 radical (unpaired) electrons. The first-order chi connectivity index (χ1) is 8.20. The quantitative estimate of drug-likeness (QED) is 0.760. The summed E-state index contributed by atoms with van der Waals surface area (Å²) in [5.41, 5.74) is 1.22. The molecular formula is C13H11FN2O. The molecule has 0 spiro atoms. The van der Waals surface area contributed by atoms with Crippen LogP contribution in [-0.4, -0.2) is 18.3 Å². The topological polar surface area (TPSA) is 33.2 Å². The van der Waals surface area contributed by atoms with Gasteiger partial charge in [-0.25, -0.2) is 9.37 Å². The van der Waals surface area contributed by atoms with Gasteiger partial charge in [-0.15, -0.1) is 0 Å². The first kappa shape index (κ1) is 11.3. The summed E-state index contributed by atoms with van der Waals surface area (Å²) in [6, 6.07) is 9.63. The van der Waals surface area contributed by atoms with Crippen molar-refractivity contribution >= 4 is 17.8 Å². The maximum absolute atomic E-state index is 13.1. The Balaban J connectivity index is 2.29. The molecule has 2 rings (SSSR count). The Kier molecular flexibility index (Phi) is 3.14. The molecule has 1 aromatic carbocycles. The molecular weight excluding hydrogens is 219 g/mol. The Hall–Kier alpha value is -2.23. The Morgan fingerprint density at radius 3 is 2.71 bits per heavy atom. The van der Waals surface area contributed by atoms with Gasteiger partial charge in [0.25, 0.3) is 0 Å². The van der Waals surface area contributed by atoms with Crippen molar-refractivity contribution < 1.29 is 9.18 Å². The second-order valence-corrected chi connectivity index (χ2v) is 3.61. The number of pyridine rings is 1. The molecule has 86 valence electrons. The van der Waals surface area contributed by atoms with Gasteiger partial charge in [-0.2, -0.15) is 0 Å². The smallest absolute Gasteiger partial charge is 0.151 e. The van der Waals surface area contributed by atoms with E-state index in [-0.39, 0.29) is 5.82 Å². The molecule has 0 amide bonds. The molecule has 1 heterocycles. The predicted octanol–water partition coefficient (Wildman–Crippen LogP) is 2.80. The number of rotatable bonds is 3. The minimum absolute atomic E-state index is 0.293. The van der Waals surface area contributed by atoms with Crippen LogP contribution in [0.1, 0.15) is 10.4 Å². The average Bonchev–Trinajstić information content (AvgIpc) is 2.38. The van der Waals surface area contributed by atoms with Crippen LogP contribution in [0.3, 0.4) is 0 Å². The monoisotopic (exact) mass is 230 g/mol. The van der Waals surface area contributed by atoms with Gasteiger partial charge in [0.15, 0.2) is 6.29 Å². The second-order valence-electron chi connectivity index (χ2n) is 3.61. The van der Waals surface area contributed by atoms with E-state index >= 15 is 0 Å². The lowest BCUT2D eigenvalue weighted by Crippen LogP contribution is -2.11. The number of hydrogen-bond donors (Lipinski definition) is 0. The first-order valence-corrected chi connectivity index (χ1v) is 5.11. The number of nitrogens with zero attached hydrogens (tertiary/aromatic N) is 2. The summed E-state index contributed by atoms with van der Waals surface area (Å²) in [6.45, 7) is 0. The summed E-state index contributed by atoms with van der Waals surface area (Å²) in [6.07, 6.45) is 2.22. The van der Waals surface area contributed by atoms with Crippen molar-refractivity contribution in [2.45, 2.75) is 0 Å². The summed E-state index contributed by atoms with van der Waals surface area (Å²) in [5.74, 6) is 0.361. The normalized spacial score (nSPS) is 10.0. The standard InChI is InChI=1S/C13H11FN2O/c1-16(12-4-2-3-11(14)7-12)13-6-5-10(9-17)8-15-13/h2-9H,1H3. The minimum Gasteiger partial charge on any atom is -0.329 e. The van der Waals surface area contributed by atoms with Crippen LogP contribution in [0.2, 0.25) is 0 Å². The molecule has 0 aliphatic carbocycles. The highest BCUT2D eigenvalue weighted by Crippen LogP contribution is 2.21. The van der Waals surface area contributed by atoms with Crippen LogP contribution in [0.25, 0.3) is 0 Å². The number of hydrogen-bond acceptors (Lipinski definition) is 3. The van der Waals surface area contributed by atoms with Gasteiger partial charge in [-0.3, -0.25) is 4.79 Å². The van der Waals surface area contributed by atoms with Crippen molar-refractivity contribution in [1.29, 1.82) is 0 Å². The third-order valence-corrected chi connectivity index (χ3v) is 2.45. The number of carbonyl (C=O) groups is 1. The SMILES string of the molecule is CN(c1cccc(F)c1)c1ccc(C=O)cn1. The van der Waals surface area contributed by atoms with E-state index < -0.39 is 0 Å². The number of benzene rings is 1. The maximum Gasteiger partial charge on any atom is 0.151 e. The maximum atomic E-state index is 13.1. The molecule has 1 aromatic heterocycles. The molecule has 4 heteroatoms. The highest BCUT2D eigenvalue weighted by molar-refractivity contribution is 5.75. The summed E-state index contributed by atoms with van der Waals surface area (Å²) in [5, 5.41) is 0. The van der Waals surface area contributed by atoms with Crippen LogP contribution in [0, 0.1) is 5.82 Å². The molecule has 17 heavy (non-hydrogen) atoms. The summed E-state index contributed by atoms with van der Waals surface area (Å²) < 4.78 is 13.1. The molecule has 0 N–H and O–H groups in total. The number of aldehydes is 1. The van der Waals surface area contributed by atoms with E-state index in [1.807, 2.05) is 0 Å². The minimum atomic E-state index is -0.293. The molecule has 0 saturated carbocycles. The lowest BCUT2D eigenvalue weighted by atomic mass is 10.2. The highest BCUT2D eigenvalue weighted by Gasteiger charge is 2.05. The molecule has 0 saturated heterocycles. The molecule has 3 nitrogen and oxygen atoms in total. The Morgan fingerprint density at radius 1 is 1.29 bits per heavy atom. The Bertz CT molecular complexity index is 525. The van der Waals surface area contributed by atoms with Gasteiger partial charge < -0.3 is 4.90 Å². The van der Waals surface area contributed by atoms with Crippen LogP contribution >= 0.6 is 0 Å². The summed E-state index contributed by atoms with van der Waals surface area (Å²) in [7, 11) is 1.79. The van der Waals surface area contributed by atoms with E-state index in [1.54, 1.807) is 36.2 Å². The largest absolute Gasteiger partial charge is 0.329 e. The van der Waals surface area contributed by atoms with Crippen molar-refractivity contribution in [3.8, 4) is 0 Å². The number of carbonyl (C=O) groups excluding carboxylic acids is 1. The predicted molar refractivity (Wildman–Crippen MR) is 64.1 cm³/mol. The zero-order valence-electron chi connectivity index (χ0n) is 9.30. The summed E-state index contributed by atoms with van der Waals surface area (Å²) in [4.78, 5) is 16.4. The molecule has 2 aromatic rings.